The molecule has 3 fully saturated rings. The molecule has 0 saturated carbocycles. The molecule has 0 unspecified atom stereocenters. The van der Waals surface area contributed by atoms with E-state index in [0.29, 0.717) is 24.4 Å². The Labute approximate surface area is 768 Å². The number of nitrogens with zero attached hydrogens (tertiary/aromatic N) is 18. The molecule has 0 aliphatic carbocycles. The van der Waals surface area contributed by atoms with E-state index >= 15 is 0 Å². The lowest BCUT2D eigenvalue weighted by Gasteiger charge is -2.43. The number of thiazole rings is 3. The van der Waals surface area contributed by atoms with Crippen molar-refractivity contribution in [2.45, 2.75) is 254 Å². The quantitative estimate of drug-likeness (QED) is 0.00284. The van der Waals surface area contributed by atoms with Crippen molar-refractivity contribution in [2.75, 3.05) is 36.0 Å². The molecule has 3 saturated heterocycles. The van der Waals surface area contributed by atoms with E-state index in [1.54, 1.807) is 104 Å². The molecule has 59 heteroatoms. The minimum Gasteiger partial charge on any atom is -0.478 e. The summed E-state index contributed by atoms with van der Waals surface area (Å²) in [7, 11) is -15.0. The molecule has 0 aromatic carbocycles. The molecule has 53 nitrogen and oxygen atoms in total. The average Bonchev–Trinajstić information content (AvgIpc) is 1.10. The van der Waals surface area contributed by atoms with Gasteiger partial charge in [0.05, 0.1) is 60.4 Å². The predicted octanol–water partition coefficient (Wildman–Crippen LogP) is 5.20. The van der Waals surface area contributed by atoms with E-state index in [4.69, 9.17) is 55.2 Å². The van der Waals surface area contributed by atoms with Crippen LogP contribution in [0.1, 0.15) is 193 Å². The number of azide groups is 1. The second-order valence-corrected chi connectivity index (χ2v) is 42.0. The number of rotatable bonds is 37. The van der Waals surface area contributed by atoms with Gasteiger partial charge in [-0.2, -0.15) is 25.3 Å². The van der Waals surface area contributed by atoms with E-state index in [1.165, 1.54) is 79.4 Å². The number of nitrogens with one attached hydrogen (secondary N) is 3. The summed E-state index contributed by atoms with van der Waals surface area (Å²) < 4.78 is 129. The molecular weight excluding hydrogens is 1870 g/mol. The normalized spacial score (nSPS) is 17.8. The minimum absolute atomic E-state index is 0.0126. The minimum atomic E-state index is -5.05. The molecule has 8 heterocycles. The first-order valence-electron chi connectivity index (χ1n) is 39.4. The molecule has 5 aromatic rings. The highest BCUT2D eigenvalue weighted by molar-refractivity contribution is 7.84. The van der Waals surface area contributed by atoms with Gasteiger partial charge in [0, 0.05) is 78.6 Å². The standard InChI is InChI=1S/C32H48N8O12S2.C23H33N7O10S2.C18H24N8O8S2/c1-29(2,3)49-25(43)32(10,11)52-37-23(20-17-53-26(34-20)35-28(45)51-31(7,8)9)22(41)14-19-21(40(24(19)42)54(46,47)48)16-39-15-18(36-38-39)12-13-33-27(44)50-30(4,5)6;1-21(2,3)38-18(33)23(7,8)40-28-16(13-11-41-19(26-13)27-20(34)39-22(4,5)6)15(31)9-12-14(10-25-29-24)30(17(12)32)42(35,36)37;1-18(2,16(29)30)34-23-14(11-8-35-17(20)21-11)13(27)5-10-12(26(15(10)28)36(31,32)33)7-25-6-9(3-4-19)22-24-25/h15,17,19,21H,12-14,16H2,1-11H3,(H,33,44)(H,34,35,45)(H,46,47,48);11-12,14H,9-10H2,1-8H3,(H,26,27,34)(H,35,36,37);6,8,10,12H,3-5,7,19H2,1-2H3,(H2,20,21)(H,29,30)(H,31,32,33)/b37-23-;28-16-;23-14-/t19-,21+;12-,14+;10-,12+/m000/s1. The first kappa shape index (κ1) is 109. The Morgan fingerprint density at radius 2 is 0.811 bits per heavy atom. The van der Waals surface area contributed by atoms with E-state index in [9.17, 15) is 102 Å². The van der Waals surface area contributed by atoms with Crippen LogP contribution in [0.3, 0.4) is 0 Å². The number of carboxylic acids is 1. The number of ether oxygens (including phenoxy) is 5. The summed E-state index contributed by atoms with van der Waals surface area (Å²) in [5, 5.41) is 51.4. The number of aliphatic carboxylic acids is 1. The molecule has 0 spiro atoms. The number of nitrogens with two attached hydrogens (primary N) is 2. The second-order valence-electron chi connectivity index (χ2n) is 35.6. The van der Waals surface area contributed by atoms with Gasteiger partial charge in [0.25, 0.3) is 0 Å². The maximum Gasteiger partial charge on any atom is 0.413 e. The Kier molecular flexibility index (Phi) is 35.2. The highest BCUT2D eigenvalue weighted by Crippen LogP contribution is 2.38. The lowest BCUT2D eigenvalue weighted by molar-refractivity contribution is -0.180. The third kappa shape index (κ3) is 31.9. The van der Waals surface area contributed by atoms with Crippen LogP contribution in [-0.2, 0) is 138 Å². The number of Topliss-reactive ketones (excluding diaryl/α,β-unsaturated/α-hetero) is 3. The number of hydrogen-bond acceptors (Lipinski definition) is 42. The third-order valence-electron chi connectivity index (χ3n) is 17.2. The fourth-order valence-corrected chi connectivity index (χ4v) is 15.9. The molecule has 132 heavy (non-hydrogen) atoms. The topological polar surface area (TPSA) is 746 Å². The maximum absolute atomic E-state index is 13.9. The molecule has 6 amide bonds. The van der Waals surface area contributed by atoms with Crippen LogP contribution in [0.25, 0.3) is 10.4 Å². The SMILES string of the molecule is CC(C)(C)OC(=O)NCCc1cn(C[C@@H]2[C@H](CC(=O)/C(=N\OC(C)(C)C(=O)OC(C)(C)C)c3csc(NC(=O)OC(C)(C)C)n3)C(=O)N2S(=O)(=O)O)nn1.CC(C)(C)OC(=O)Nc1nc(/C(=N/OC(C)(C)C(=O)OC(C)(C)C)C(=O)C[C@@H]2C(=O)N(S(=O)(=O)O)[C@@H]2CN=[N+]=[N-])cs1.CC(C)(O/N=C(\C(=O)C[C@@H]1C(=O)N(S(=O)(=O)O)[C@@H]1Cn1cc(CCN)nn1)c1csc(N)n1)C(=O)O. The molecular formula is C73H105N23O30S6. The number of carbonyl (C=O) groups is 12. The summed E-state index contributed by atoms with van der Waals surface area (Å²) in [6.07, 6.45) is -0.516. The molecule has 6 atom stereocenters. The number of alkyl carbamates (subject to hydrolysis) is 1. The predicted molar refractivity (Wildman–Crippen MR) is 466 cm³/mol. The number of oxime groups is 3. The molecule has 728 valence electrons. The summed E-state index contributed by atoms with van der Waals surface area (Å²) in [5.74, 6) is -12.5. The van der Waals surface area contributed by atoms with E-state index in [1.807, 2.05) is 0 Å². The summed E-state index contributed by atoms with van der Waals surface area (Å²) in [6.45, 7) is 32.3. The van der Waals surface area contributed by atoms with Gasteiger partial charge in [-0.05, 0) is 157 Å². The van der Waals surface area contributed by atoms with Gasteiger partial charge in [-0.3, -0.25) is 62.4 Å². The number of carboxylic acid groups (broad SMARTS) is 1. The molecule has 11 N–H and O–H groups in total. The monoisotopic (exact) mass is 1980 g/mol. The van der Waals surface area contributed by atoms with E-state index < -0.39 is 226 Å². The fourth-order valence-electron chi connectivity index (χ4n) is 11.3. The number of nitrogen functional groups attached to an aromatic ring is 1. The highest BCUT2D eigenvalue weighted by Gasteiger charge is 2.57. The van der Waals surface area contributed by atoms with Crippen molar-refractivity contribution < 1.29 is 140 Å². The number of carbonyl (C=O) groups excluding carboxylic acids is 11. The van der Waals surface area contributed by atoms with Gasteiger partial charge in [0.1, 0.15) is 45.1 Å². The Morgan fingerprint density at radius 1 is 0.485 bits per heavy atom. The smallest absolute Gasteiger partial charge is 0.413 e. The zero-order valence-corrected chi connectivity index (χ0v) is 80.4. The van der Waals surface area contributed by atoms with Crippen LogP contribution in [0.5, 0.6) is 0 Å². The van der Waals surface area contributed by atoms with Crippen molar-refractivity contribution in [3.8, 4) is 0 Å². The number of anilines is 3. The van der Waals surface area contributed by atoms with Gasteiger partial charge < -0.3 is 60.1 Å². The number of aromatic nitrogens is 9. The van der Waals surface area contributed by atoms with Crippen LogP contribution >= 0.6 is 34.0 Å². The van der Waals surface area contributed by atoms with Gasteiger partial charge in [-0.15, -0.1) is 44.2 Å². The Hall–Kier alpha value is -12.0. The van der Waals surface area contributed by atoms with E-state index in [-0.39, 0.29) is 71.4 Å². The van der Waals surface area contributed by atoms with E-state index in [0.717, 1.165) is 34.0 Å². The van der Waals surface area contributed by atoms with Crippen molar-refractivity contribution in [3.63, 3.8) is 0 Å². The van der Waals surface area contributed by atoms with Crippen LogP contribution < -0.4 is 27.4 Å². The Balaban J connectivity index is 0.000000311. The van der Waals surface area contributed by atoms with Gasteiger partial charge >= 0.3 is 67.1 Å². The number of amides is 6. The number of hydrogen-bond donors (Lipinski definition) is 9. The molecule has 0 radical (unpaired) electrons. The zero-order valence-electron chi connectivity index (χ0n) is 75.5. The number of β-lactam (4-membered cyclic amide) rings is 3. The fraction of sp³-hybridized carbons (Fsp3) is 0.616. The highest BCUT2D eigenvalue weighted by atomic mass is 32.2. The summed E-state index contributed by atoms with van der Waals surface area (Å²) in [5.41, 5.74) is 9.89. The van der Waals surface area contributed by atoms with Gasteiger partial charge in [0.2, 0.25) is 34.5 Å². The molecule has 8 rings (SSSR count). The maximum atomic E-state index is 13.9. The van der Waals surface area contributed by atoms with Crippen LogP contribution in [0.2, 0.25) is 0 Å². The number of esters is 2. The molecule has 5 aromatic heterocycles. The van der Waals surface area contributed by atoms with Crippen molar-refractivity contribution in [2.24, 2.45) is 44.1 Å². The van der Waals surface area contributed by atoms with Crippen molar-refractivity contribution >= 4 is 169 Å². The summed E-state index contributed by atoms with van der Waals surface area (Å²) in [4.78, 5) is 183. The molecule has 3 aliphatic heterocycles. The largest absolute Gasteiger partial charge is 0.478 e. The lowest BCUT2D eigenvalue weighted by atomic mass is 9.84. The first-order valence-corrected chi connectivity index (χ1v) is 46.3. The summed E-state index contributed by atoms with van der Waals surface area (Å²) >= 11 is 2.81. The van der Waals surface area contributed by atoms with Gasteiger partial charge in [0.15, 0.2) is 49.9 Å². The van der Waals surface area contributed by atoms with Crippen LogP contribution in [0, 0.1) is 17.8 Å². The number of ketones is 3. The van der Waals surface area contributed by atoms with Crippen LogP contribution in [0.4, 0.5) is 29.8 Å². The lowest BCUT2D eigenvalue weighted by Crippen LogP contribution is -2.64. The van der Waals surface area contributed by atoms with Gasteiger partial charge in [-0.1, -0.05) is 31.0 Å². The van der Waals surface area contributed by atoms with Crippen LogP contribution in [0.15, 0.2) is 49.1 Å². The van der Waals surface area contributed by atoms with Gasteiger partial charge in [-0.25, -0.2) is 56.6 Å². The molecule has 0 bridgehead atoms. The Bertz CT molecular complexity index is 5660. The first-order chi connectivity index (χ1) is 60.3. The van der Waals surface area contributed by atoms with E-state index in [2.05, 4.69) is 77.0 Å². The zero-order chi connectivity index (χ0) is 100. The average molecular weight is 1980 g/mol. The van der Waals surface area contributed by atoms with Crippen molar-refractivity contribution in [3.05, 3.63) is 67.4 Å². The van der Waals surface area contributed by atoms with Crippen molar-refractivity contribution in [1.82, 2.24) is 63.2 Å². The second kappa shape index (κ2) is 42.7. The van der Waals surface area contributed by atoms with Crippen molar-refractivity contribution in [1.29, 1.82) is 0 Å². The Morgan fingerprint density at radius 3 is 1.14 bits per heavy atom. The third-order valence-corrected chi connectivity index (χ3v) is 22.3. The molecule has 3 aliphatic rings. The van der Waals surface area contributed by atoms with Crippen LogP contribution in [-0.4, -0.2) is 273 Å². The summed E-state index contributed by atoms with van der Waals surface area (Å²) in [6, 6.07) is -3.79.